The minimum Gasteiger partial charge on any atom is -0.478 e. The molecular weight excluding hydrogens is 214 g/mol. The Bertz CT molecular complexity index is 593. The van der Waals surface area contributed by atoms with Crippen molar-refractivity contribution >= 4 is 5.65 Å². The summed E-state index contributed by atoms with van der Waals surface area (Å²) >= 11 is 0. The molecule has 0 saturated carbocycles. The molecule has 86 valence electrons. The predicted molar refractivity (Wildman–Crippen MR) is 66.1 cm³/mol. The minimum absolute atomic E-state index is 0.648. The molecule has 0 unspecified atom stereocenters. The highest BCUT2D eigenvalue weighted by molar-refractivity contribution is 5.62. The lowest BCUT2D eigenvalue weighted by atomic mass is 10.2. The maximum absolute atomic E-state index is 5.38. The van der Waals surface area contributed by atoms with E-state index >= 15 is 0 Å². The number of nitrogens with one attached hydrogen (secondary N) is 1. The number of fused-ring (bicyclic) bond motifs is 1. The van der Waals surface area contributed by atoms with Gasteiger partial charge in [0.15, 0.2) is 5.65 Å². The van der Waals surface area contributed by atoms with Crippen molar-refractivity contribution in [1.29, 1.82) is 0 Å². The summed E-state index contributed by atoms with van der Waals surface area (Å²) in [7, 11) is 0. The molecule has 0 bridgehead atoms. The summed E-state index contributed by atoms with van der Waals surface area (Å²) < 4.78 is 7.25. The molecule has 0 atom stereocenters. The molecule has 0 radical (unpaired) electrons. The van der Waals surface area contributed by atoms with E-state index in [4.69, 9.17) is 4.74 Å². The second kappa shape index (κ2) is 3.97. The highest BCUT2D eigenvalue weighted by Gasteiger charge is 2.07. The van der Waals surface area contributed by atoms with Crippen molar-refractivity contribution in [2.75, 3.05) is 6.61 Å². The van der Waals surface area contributed by atoms with Gasteiger partial charge in [-0.15, -0.1) is 0 Å². The van der Waals surface area contributed by atoms with E-state index in [1.165, 1.54) is 0 Å². The number of aromatic nitrogens is 3. The zero-order valence-corrected chi connectivity index (χ0v) is 9.55. The number of H-pyrrole nitrogens is 1. The molecule has 3 rings (SSSR count). The molecule has 0 spiro atoms. The summed E-state index contributed by atoms with van der Waals surface area (Å²) in [6.45, 7) is 2.61. The number of hydrogen-bond donors (Lipinski definition) is 1. The Morgan fingerprint density at radius 2 is 2.12 bits per heavy atom. The van der Waals surface area contributed by atoms with Crippen molar-refractivity contribution in [2.45, 2.75) is 6.92 Å². The van der Waals surface area contributed by atoms with Gasteiger partial charge in [0.25, 0.3) is 0 Å². The largest absolute Gasteiger partial charge is 0.478 e. The van der Waals surface area contributed by atoms with Gasteiger partial charge in [0.1, 0.15) is 0 Å². The van der Waals surface area contributed by atoms with Crippen LogP contribution in [0.4, 0.5) is 0 Å². The molecule has 4 nitrogen and oxygen atoms in total. The van der Waals surface area contributed by atoms with Gasteiger partial charge in [-0.2, -0.15) is 0 Å². The number of aromatic amines is 1. The standard InChI is InChI=1S/C13H13N3O/c1-2-17-13-8-12-14-11(9-16(12)15-13)10-6-4-3-5-7-10/h3-9,15H,2H2,1H3. The Hall–Kier alpha value is -2.23. The topological polar surface area (TPSA) is 42.3 Å². The molecule has 0 aliphatic heterocycles. The van der Waals surface area contributed by atoms with Crippen LogP contribution < -0.4 is 4.74 Å². The number of hydrogen-bond acceptors (Lipinski definition) is 2. The summed E-state index contributed by atoms with van der Waals surface area (Å²) in [5.41, 5.74) is 2.94. The summed E-state index contributed by atoms with van der Waals surface area (Å²) in [4.78, 5) is 4.54. The van der Waals surface area contributed by atoms with Gasteiger partial charge >= 0.3 is 0 Å². The molecule has 2 heterocycles. The van der Waals surface area contributed by atoms with Crippen LogP contribution in [0.5, 0.6) is 5.88 Å². The Morgan fingerprint density at radius 3 is 2.82 bits per heavy atom. The zero-order chi connectivity index (χ0) is 11.7. The smallest absolute Gasteiger partial charge is 0.209 e. The summed E-state index contributed by atoms with van der Waals surface area (Å²) in [5.74, 6) is 0.745. The summed E-state index contributed by atoms with van der Waals surface area (Å²) in [5, 5.41) is 3.12. The summed E-state index contributed by atoms with van der Waals surface area (Å²) in [6.07, 6.45) is 1.97. The van der Waals surface area contributed by atoms with E-state index in [9.17, 15) is 0 Å². The molecule has 1 N–H and O–H groups in total. The van der Waals surface area contributed by atoms with Crippen LogP contribution in [0, 0.1) is 0 Å². The number of rotatable bonds is 3. The number of benzene rings is 1. The Kier molecular flexibility index (Phi) is 2.33. The molecule has 1 aromatic carbocycles. The molecule has 0 aliphatic rings. The number of imidazole rings is 1. The molecule has 0 fully saturated rings. The highest BCUT2D eigenvalue weighted by atomic mass is 16.5. The highest BCUT2D eigenvalue weighted by Crippen LogP contribution is 2.20. The third-order valence-electron chi connectivity index (χ3n) is 2.59. The summed E-state index contributed by atoms with van der Waals surface area (Å²) in [6, 6.07) is 12.0. The van der Waals surface area contributed by atoms with E-state index in [1.54, 1.807) is 0 Å². The van der Waals surface area contributed by atoms with Crippen LogP contribution in [0.3, 0.4) is 0 Å². The average molecular weight is 227 g/mol. The first-order chi connectivity index (χ1) is 8.36. The van der Waals surface area contributed by atoms with Gasteiger partial charge in [-0.05, 0) is 6.92 Å². The van der Waals surface area contributed by atoms with Gasteiger partial charge in [-0.25, -0.2) is 9.50 Å². The fraction of sp³-hybridized carbons (Fsp3) is 0.154. The molecule has 2 aromatic heterocycles. The fourth-order valence-corrected chi connectivity index (χ4v) is 1.83. The van der Waals surface area contributed by atoms with Crippen molar-refractivity contribution in [3.8, 4) is 17.1 Å². The van der Waals surface area contributed by atoms with Gasteiger partial charge in [0, 0.05) is 11.6 Å². The van der Waals surface area contributed by atoms with E-state index in [-0.39, 0.29) is 0 Å². The third kappa shape index (κ3) is 1.78. The van der Waals surface area contributed by atoms with Crippen molar-refractivity contribution in [1.82, 2.24) is 14.6 Å². The number of nitrogens with zero attached hydrogens (tertiary/aromatic N) is 2. The first-order valence-corrected chi connectivity index (χ1v) is 5.63. The monoisotopic (exact) mass is 227 g/mol. The third-order valence-corrected chi connectivity index (χ3v) is 2.59. The van der Waals surface area contributed by atoms with Crippen LogP contribution in [-0.2, 0) is 0 Å². The van der Waals surface area contributed by atoms with Crippen LogP contribution in [0.25, 0.3) is 16.9 Å². The Morgan fingerprint density at radius 1 is 1.29 bits per heavy atom. The lowest BCUT2D eigenvalue weighted by Crippen LogP contribution is -1.91. The first kappa shape index (κ1) is 9.96. The maximum Gasteiger partial charge on any atom is 0.209 e. The fourth-order valence-electron chi connectivity index (χ4n) is 1.83. The second-order valence-corrected chi connectivity index (χ2v) is 3.77. The number of ether oxygens (including phenoxy) is 1. The van der Waals surface area contributed by atoms with E-state index in [1.807, 2.05) is 54.0 Å². The molecule has 0 amide bonds. The van der Waals surface area contributed by atoms with Gasteiger partial charge in [0.05, 0.1) is 18.5 Å². The van der Waals surface area contributed by atoms with Gasteiger partial charge < -0.3 is 4.74 Å². The van der Waals surface area contributed by atoms with Crippen LogP contribution in [0.15, 0.2) is 42.6 Å². The van der Waals surface area contributed by atoms with E-state index < -0.39 is 0 Å². The second-order valence-electron chi connectivity index (χ2n) is 3.77. The minimum atomic E-state index is 0.648. The Labute approximate surface area is 98.8 Å². The van der Waals surface area contributed by atoms with E-state index in [0.29, 0.717) is 6.61 Å². The molecule has 3 aromatic rings. The zero-order valence-electron chi connectivity index (χ0n) is 9.55. The van der Waals surface area contributed by atoms with E-state index in [2.05, 4.69) is 10.1 Å². The molecule has 4 heteroatoms. The average Bonchev–Trinajstić information content (AvgIpc) is 2.88. The molecule has 17 heavy (non-hydrogen) atoms. The molecule has 0 aliphatic carbocycles. The lowest BCUT2D eigenvalue weighted by Gasteiger charge is -1.96. The first-order valence-electron chi connectivity index (χ1n) is 5.63. The predicted octanol–water partition coefficient (Wildman–Crippen LogP) is 2.73. The van der Waals surface area contributed by atoms with Crippen LogP contribution in [0.2, 0.25) is 0 Å². The lowest BCUT2D eigenvalue weighted by molar-refractivity contribution is 0.325. The van der Waals surface area contributed by atoms with Crippen molar-refractivity contribution in [2.24, 2.45) is 0 Å². The van der Waals surface area contributed by atoms with E-state index in [0.717, 1.165) is 22.8 Å². The normalized spacial score (nSPS) is 10.9. The van der Waals surface area contributed by atoms with Crippen molar-refractivity contribution < 1.29 is 4.74 Å². The van der Waals surface area contributed by atoms with Gasteiger partial charge in [-0.1, -0.05) is 30.3 Å². The maximum atomic E-state index is 5.38. The van der Waals surface area contributed by atoms with Crippen LogP contribution >= 0.6 is 0 Å². The van der Waals surface area contributed by atoms with Gasteiger partial charge in [-0.3, -0.25) is 5.10 Å². The SMILES string of the molecule is CCOc1cc2nc(-c3ccccc3)cn2[nH]1. The van der Waals surface area contributed by atoms with Crippen LogP contribution in [0.1, 0.15) is 6.92 Å². The van der Waals surface area contributed by atoms with Crippen molar-refractivity contribution in [3.63, 3.8) is 0 Å². The van der Waals surface area contributed by atoms with Crippen LogP contribution in [-0.4, -0.2) is 21.2 Å². The quantitative estimate of drug-likeness (QED) is 0.747. The van der Waals surface area contributed by atoms with Crippen molar-refractivity contribution in [3.05, 3.63) is 42.6 Å². The molecular formula is C13H13N3O. The van der Waals surface area contributed by atoms with Gasteiger partial charge in [0.2, 0.25) is 5.88 Å². The Balaban J connectivity index is 2.01. The molecule has 0 saturated heterocycles.